The highest BCUT2D eigenvalue weighted by atomic mass is 16.2. The van der Waals surface area contributed by atoms with Crippen LogP contribution in [-0.4, -0.2) is 32.1 Å². The van der Waals surface area contributed by atoms with Crippen molar-refractivity contribution in [1.29, 1.82) is 0 Å². The molecule has 4 rings (SSSR count). The molecule has 2 aromatic carbocycles. The lowest BCUT2D eigenvalue weighted by atomic mass is 10.1. The summed E-state index contributed by atoms with van der Waals surface area (Å²) in [7, 11) is 0. The highest BCUT2D eigenvalue weighted by molar-refractivity contribution is 5.92. The Morgan fingerprint density at radius 3 is 2.81 bits per heavy atom. The van der Waals surface area contributed by atoms with Crippen LogP contribution in [0.2, 0.25) is 0 Å². The number of aromatic nitrogens is 4. The lowest BCUT2D eigenvalue weighted by Gasteiger charge is -2.14. The molecule has 1 unspecified atom stereocenters. The third-order valence-corrected chi connectivity index (χ3v) is 4.74. The number of hydrogen-bond donors (Lipinski definition) is 3. The first-order chi connectivity index (χ1) is 15.1. The number of imidazole rings is 1. The molecule has 0 saturated heterocycles. The zero-order valence-corrected chi connectivity index (χ0v) is 17.1. The summed E-state index contributed by atoms with van der Waals surface area (Å²) in [6.07, 6.45) is 5.04. The molecular formula is C23H23N7O. The zero-order chi connectivity index (χ0) is 21.6. The number of rotatable bonds is 7. The van der Waals surface area contributed by atoms with Gasteiger partial charge in [0, 0.05) is 18.4 Å². The molecule has 0 saturated carbocycles. The van der Waals surface area contributed by atoms with E-state index in [2.05, 4.69) is 56.5 Å². The molecule has 2 heterocycles. The largest absolute Gasteiger partial charge is 0.348 e. The van der Waals surface area contributed by atoms with Crippen molar-refractivity contribution in [2.24, 2.45) is 0 Å². The van der Waals surface area contributed by atoms with Crippen molar-refractivity contribution >= 4 is 28.7 Å². The summed E-state index contributed by atoms with van der Waals surface area (Å²) >= 11 is 0. The van der Waals surface area contributed by atoms with Crippen LogP contribution in [0, 0.1) is 0 Å². The molecule has 2 amide bonds. The van der Waals surface area contributed by atoms with Gasteiger partial charge in [0.1, 0.15) is 12.1 Å². The summed E-state index contributed by atoms with van der Waals surface area (Å²) in [5, 5.41) is 8.80. The van der Waals surface area contributed by atoms with E-state index in [1.165, 1.54) is 0 Å². The highest BCUT2D eigenvalue weighted by Gasteiger charge is 2.11. The molecule has 3 N–H and O–H groups in total. The summed E-state index contributed by atoms with van der Waals surface area (Å²) in [4.78, 5) is 25.3. The minimum absolute atomic E-state index is 0.0665. The van der Waals surface area contributed by atoms with E-state index in [0.717, 1.165) is 16.6 Å². The maximum Gasteiger partial charge on any atom is 0.319 e. The minimum atomic E-state index is -0.294. The molecule has 0 aliphatic heterocycles. The van der Waals surface area contributed by atoms with Gasteiger partial charge in [0.25, 0.3) is 0 Å². The van der Waals surface area contributed by atoms with Gasteiger partial charge in [-0.25, -0.2) is 14.8 Å². The van der Waals surface area contributed by atoms with E-state index in [4.69, 9.17) is 0 Å². The van der Waals surface area contributed by atoms with Gasteiger partial charge < -0.3 is 16.0 Å². The lowest BCUT2D eigenvalue weighted by molar-refractivity contribution is 0.253. The van der Waals surface area contributed by atoms with Crippen LogP contribution in [-0.2, 0) is 0 Å². The predicted octanol–water partition coefficient (Wildman–Crippen LogP) is 4.30. The fourth-order valence-electron chi connectivity index (χ4n) is 3.18. The van der Waals surface area contributed by atoms with E-state index in [1.807, 2.05) is 47.0 Å². The number of benzene rings is 2. The normalized spacial score (nSPS) is 11.6. The summed E-state index contributed by atoms with van der Waals surface area (Å²) < 4.78 is 1.89. The number of nitrogens with one attached hydrogen (secondary N) is 3. The fourth-order valence-corrected chi connectivity index (χ4v) is 3.18. The zero-order valence-electron chi connectivity index (χ0n) is 17.1. The molecule has 0 bridgehead atoms. The second kappa shape index (κ2) is 9.08. The quantitative estimate of drug-likeness (QED) is 0.393. The number of carbonyl (C=O) groups is 1. The third-order valence-electron chi connectivity index (χ3n) is 4.74. The summed E-state index contributed by atoms with van der Waals surface area (Å²) in [5.74, 6) is 1.23. The average molecular weight is 413 g/mol. The predicted molar refractivity (Wildman–Crippen MR) is 122 cm³/mol. The van der Waals surface area contributed by atoms with Gasteiger partial charge in [0.15, 0.2) is 0 Å². The Kier molecular flexibility index (Phi) is 5.89. The molecule has 0 aliphatic rings. The molecule has 0 radical (unpaired) electrons. The van der Waals surface area contributed by atoms with Crippen LogP contribution in [0.15, 0.2) is 79.8 Å². The Morgan fingerprint density at radius 2 is 2.00 bits per heavy atom. The number of fused-ring (bicyclic) bond motifs is 1. The van der Waals surface area contributed by atoms with Crippen molar-refractivity contribution in [2.75, 3.05) is 17.2 Å². The Balaban J connectivity index is 1.54. The van der Waals surface area contributed by atoms with Crippen molar-refractivity contribution in [1.82, 2.24) is 24.8 Å². The monoisotopic (exact) mass is 413 g/mol. The first-order valence-electron chi connectivity index (χ1n) is 9.92. The second-order valence-electron chi connectivity index (χ2n) is 6.96. The standard InChI is InChI=1S/C23H23N7O/c1-3-12-25-23(31)28-18-9-10-20-19(14-18)26-15-30(20)21-11-13-24-22(29-21)27-16(2)17-7-5-4-6-8-17/h3-11,13-16H,1,12H2,2H3,(H,24,27,29)(H2,25,28,31). The van der Waals surface area contributed by atoms with Crippen LogP contribution in [0.4, 0.5) is 16.4 Å². The fraction of sp³-hybridized carbons (Fsp3) is 0.130. The van der Waals surface area contributed by atoms with E-state index in [1.54, 1.807) is 18.6 Å². The van der Waals surface area contributed by atoms with E-state index >= 15 is 0 Å². The lowest BCUT2D eigenvalue weighted by Crippen LogP contribution is -2.28. The Bertz CT molecular complexity index is 1200. The van der Waals surface area contributed by atoms with Crippen LogP contribution >= 0.6 is 0 Å². The molecule has 2 aromatic heterocycles. The molecule has 8 nitrogen and oxygen atoms in total. The molecule has 0 spiro atoms. The molecule has 31 heavy (non-hydrogen) atoms. The van der Waals surface area contributed by atoms with Gasteiger partial charge in [-0.1, -0.05) is 36.4 Å². The van der Waals surface area contributed by atoms with Gasteiger partial charge in [-0.3, -0.25) is 4.57 Å². The second-order valence-corrected chi connectivity index (χ2v) is 6.96. The van der Waals surface area contributed by atoms with Gasteiger partial charge in [-0.2, -0.15) is 4.98 Å². The van der Waals surface area contributed by atoms with E-state index in [0.29, 0.717) is 24.0 Å². The van der Waals surface area contributed by atoms with Crippen LogP contribution < -0.4 is 16.0 Å². The van der Waals surface area contributed by atoms with Crippen molar-refractivity contribution in [3.05, 3.63) is 85.3 Å². The van der Waals surface area contributed by atoms with Crippen molar-refractivity contribution in [3.63, 3.8) is 0 Å². The number of anilines is 2. The number of hydrogen-bond acceptors (Lipinski definition) is 5. The van der Waals surface area contributed by atoms with E-state index in [9.17, 15) is 4.79 Å². The maximum absolute atomic E-state index is 11.8. The van der Waals surface area contributed by atoms with Crippen LogP contribution in [0.3, 0.4) is 0 Å². The van der Waals surface area contributed by atoms with Gasteiger partial charge >= 0.3 is 6.03 Å². The third kappa shape index (κ3) is 4.69. The molecule has 156 valence electrons. The number of nitrogens with zero attached hydrogens (tertiary/aromatic N) is 4. The number of urea groups is 1. The van der Waals surface area contributed by atoms with Gasteiger partial charge in [0.2, 0.25) is 5.95 Å². The van der Waals surface area contributed by atoms with Gasteiger partial charge in [-0.15, -0.1) is 6.58 Å². The first-order valence-corrected chi connectivity index (χ1v) is 9.92. The van der Waals surface area contributed by atoms with E-state index < -0.39 is 0 Å². The van der Waals surface area contributed by atoms with Crippen LogP contribution in [0.1, 0.15) is 18.5 Å². The van der Waals surface area contributed by atoms with Gasteiger partial charge in [-0.05, 0) is 36.8 Å². The SMILES string of the molecule is C=CCNC(=O)Nc1ccc2c(c1)ncn2-c1ccnc(NC(C)c2ccccc2)n1. The average Bonchev–Trinajstić information content (AvgIpc) is 3.22. The summed E-state index contributed by atoms with van der Waals surface area (Å²) in [6.45, 7) is 6.04. The van der Waals surface area contributed by atoms with Crippen molar-refractivity contribution in [3.8, 4) is 5.82 Å². The van der Waals surface area contributed by atoms with Crippen molar-refractivity contribution in [2.45, 2.75) is 13.0 Å². The van der Waals surface area contributed by atoms with Gasteiger partial charge in [0.05, 0.1) is 17.1 Å². The molecule has 0 aliphatic carbocycles. The van der Waals surface area contributed by atoms with Crippen LogP contribution in [0.5, 0.6) is 0 Å². The minimum Gasteiger partial charge on any atom is -0.348 e. The molecule has 1 atom stereocenters. The summed E-state index contributed by atoms with van der Waals surface area (Å²) in [6, 6.07) is 17.3. The number of carbonyl (C=O) groups excluding carboxylic acids is 1. The smallest absolute Gasteiger partial charge is 0.319 e. The van der Waals surface area contributed by atoms with E-state index in [-0.39, 0.29) is 12.1 Å². The van der Waals surface area contributed by atoms with Crippen LogP contribution in [0.25, 0.3) is 16.9 Å². The highest BCUT2D eigenvalue weighted by Crippen LogP contribution is 2.22. The molecule has 4 aromatic rings. The maximum atomic E-state index is 11.8. The molecular weight excluding hydrogens is 390 g/mol. The number of amides is 2. The Labute approximate surface area is 180 Å². The topological polar surface area (TPSA) is 96.8 Å². The summed E-state index contributed by atoms with van der Waals surface area (Å²) in [5.41, 5.74) is 3.42. The first kappa shape index (κ1) is 20.1. The molecule has 0 fully saturated rings. The molecule has 8 heteroatoms. The Morgan fingerprint density at radius 1 is 1.16 bits per heavy atom. The Hall–Kier alpha value is -4.20. The van der Waals surface area contributed by atoms with Crippen molar-refractivity contribution < 1.29 is 4.79 Å².